The zero-order valence-electron chi connectivity index (χ0n) is 17.2. The van der Waals surface area contributed by atoms with Crippen molar-refractivity contribution in [1.82, 2.24) is 14.7 Å². The van der Waals surface area contributed by atoms with Gasteiger partial charge in [0, 0.05) is 29.9 Å². The second-order valence-corrected chi connectivity index (χ2v) is 8.46. The van der Waals surface area contributed by atoms with Crippen LogP contribution in [0.2, 0.25) is 0 Å². The van der Waals surface area contributed by atoms with Crippen LogP contribution in [0.1, 0.15) is 12.5 Å². The van der Waals surface area contributed by atoms with E-state index in [1.807, 2.05) is 37.3 Å². The number of carbonyl (C=O) groups excluding carboxylic acids is 1. The lowest BCUT2D eigenvalue weighted by Crippen LogP contribution is -2.27. The van der Waals surface area contributed by atoms with Gasteiger partial charge < -0.3 is 4.74 Å². The first kappa shape index (κ1) is 21.7. The number of ether oxygens (including phenoxy) is 1. The maximum Gasteiger partial charge on any atom is 0.311 e. The van der Waals surface area contributed by atoms with Gasteiger partial charge >= 0.3 is 5.69 Å². The molecule has 10 heteroatoms. The van der Waals surface area contributed by atoms with E-state index in [4.69, 9.17) is 17.0 Å². The number of likely N-dealkylation sites (N-methyl/N-ethyl adjacent to an activating group) is 1. The molecule has 0 N–H and O–H groups in total. The van der Waals surface area contributed by atoms with Gasteiger partial charge in [-0.25, -0.2) is 4.68 Å². The molecule has 8 nitrogen and oxygen atoms in total. The minimum absolute atomic E-state index is 0.159. The third-order valence-corrected chi connectivity index (χ3v) is 6.27. The number of nitro benzene ring substituents is 1. The number of thiocarbonyl (C=S) groups is 1. The van der Waals surface area contributed by atoms with Gasteiger partial charge in [-0.3, -0.25) is 19.8 Å². The first-order chi connectivity index (χ1) is 15.4. The van der Waals surface area contributed by atoms with Crippen LogP contribution in [-0.2, 0) is 4.79 Å². The third kappa shape index (κ3) is 4.02. The number of thioether (sulfide) groups is 1. The summed E-state index contributed by atoms with van der Waals surface area (Å²) in [5, 5.41) is 16.2. The number of benzene rings is 2. The molecule has 32 heavy (non-hydrogen) atoms. The first-order valence-corrected chi connectivity index (χ1v) is 10.9. The molecule has 2 aromatic carbocycles. The zero-order valence-corrected chi connectivity index (χ0v) is 18.9. The molecular formula is C22H18N4O4S2. The average molecular weight is 467 g/mol. The summed E-state index contributed by atoms with van der Waals surface area (Å²) in [6.07, 6.45) is 3.52. The van der Waals surface area contributed by atoms with Crippen LogP contribution in [0.5, 0.6) is 5.75 Å². The topological polar surface area (TPSA) is 90.5 Å². The average Bonchev–Trinajstić information content (AvgIpc) is 3.34. The number of para-hydroxylation sites is 1. The predicted molar refractivity (Wildman–Crippen MR) is 128 cm³/mol. The molecule has 0 aliphatic carbocycles. The highest BCUT2D eigenvalue weighted by Gasteiger charge is 2.31. The maximum absolute atomic E-state index is 12.7. The quantitative estimate of drug-likeness (QED) is 0.225. The van der Waals surface area contributed by atoms with Crippen molar-refractivity contribution in [3.05, 3.63) is 75.3 Å². The van der Waals surface area contributed by atoms with Gasteiger partial charge in [-0.15, -0.1) is 0 Å². The van der Waals surface area contributed by atoms with Crippen LogP contribution in [0.3, 0.4) is 0 Å². The molecule has 0 spiro atoms. The SMILES string of the molecule is CCN1C(=O)/C(=C/c2cn(-c3ccccc3)nc2-c2ccc(OC)c([N+](=O)[O-])c2)SC1=S. The minimum Gasteiger partial charge on any atom is -0.490 e. The van der Waals surface area contributed by atoms with Gasteiger partial charge in [0.05, 0.1) is 22.6 Å². The Hall–Kier alpha value is -3.50. The summed E-state index contributed by atoms with van der Waals surface area (Å²) in [5.74, 6) is -0.00627. The molecule has 0 atom stereocenters. The number of nitro groups is 1. The number of hydrogen-bond acceptors (Lipinski definition) is 7. The van der Waals surface area contributed by atoms with E-state index in [9.17, 15) is 14.9 Å². The van der Waals surface area contributed by atoms with Crippen molar-refractivity contribution in [1.29, 1.82) is 0 Å². The summed E-state index contributed by atoms with van der Waals surface area (Å²) in [6.45, 7) is 2.35. The Morgan fingerprint density at radius 3 is 2.62 bits per heavy atom. The van der Waals surface area contributed by atoms with Gasteiger partial charge in [0.25, 0.3) is 5.91 Å². The summed E-state index contributed by atoms with van der Waals surface area (Å²) < 4.78 is 7.29. The van der Waals surface area contributed by atoms with E-state index in [1.165, 1.54) is 35.9 Å². The van der Waals surface area contributed by atoms with Crippen molar-refractivity contribution < 1.29 is 14.5 Å². The number of methoxy groups -OCH3 is 1. The molecule has 0 bridgehead atoms. The van der Waals surface area contributed by atoms with Crippen LogP contribution in [-0.4, -0.2) is 43.5 Å². The third-order valence-electron chi connectivity index (χ3n) is 4.89. The second kappa shape index (κ2) is 8.93. The summed E-state index contributed by atoms with van der Waals surface area (Å²) in [5.41, 5.74) is 2.33. The van der Waals surface area contributed by atoms with E-state index in [0.29, 0.717) is 32.6 Å². The molecule has 1 aromatic heterocycles. The molecule has 4 rings (SSSR count). The number of nitrogens with zero attached hydrogens (tertiary/aromatic N) is 4. The number of amides is 1. The van der Waals surface area contributed by atoms with Crippen LogP contribution >= 0.6 is 24.0 Å². The predicted octanol–water partition coefficient (Wildman–Crippen LogP) is 4.68. The minimum atomic E-state index is -0.497. The van der Waals surface area contributed by atoms with Crippen molar-refractivity contribution in [3.8, 4) is 22.7 Å². The van der Waals surface area contributed by atoms with Gasteiger partial charge in [-0.05, 0) is 37.3 Å². The molecule has 1 amide bonds. The van der Waals surface area contributed by atoms with E-state index >= 15 is 0 Å². The maximum atomic E-state index is 12.7. The molecule has 2 heterocycles. The van der Waals surface area contributed by atoms with Crippen molar-refractivity contribution in [2.24, 2.45) is 0 Å². The van der Waals surface area contributed by atoms with Crippen molar-refractivity contribution >= 4 is 46.0 Å². The van der Waals surface area contributed by atoms with Crippen LogP contribution in [0, 0.1) is 10.1 Å². The summed E-state index contributed by atoms with van der Waals surface area (Å²) in [6, 6.07) is 14.1. The van der Waals surface area contributed by atoms with E-state index < -0.39 is 4.92 Å². The zero-order chi connectivity index (χ0) is 22.8. The van der Waals surface area contributed by atoms with Crippen molar-refractivity contribution in [2.75, 3.05) is 13.7 Å². The Kier molecular flexibility index (Phi) is 6.06. The summed E-state index contributed by atoms with van der Waals surface area (Å²) in [7, 11) is 1.38. The molecule has 1 aliphatic heterocycles. The fourth-order valence-corrected chi connectivity index (χ4v) is 4.70. The van der Waals surface area contributed by atoms with Crippen LogP contribution < -0.4 is 4.74 Å². The lowest BCUT2D eigenvalue weighted by Gasteiger charge is -2.09. The Morgan fingerprint density at radius 1 is 1.25 bits per heavy atom. The lowest BCUT2D eigenvalue weighted by atomic mass is 10.1. The second-order valence-electron chi connectivity index (χ2n) is 6.78. The van der Waals surface area contributed by atoms with Gasteiger partial charge in [0.1, 0.15) is 10.0 Å². The smallest absolute Gasteiger partial charge is 0.311 e. The number of hydrogen-bond donors (Lipinski definition) is 0. The molecule has 1 saturated heterocycles. The van der Waals surface area contributed by atoms with Crippen molar-refractivity contribution in [2.45, 2.75) is 6.92 Å². The van der Waals surface area contributed by atoms with Crippen LogP contribution in [0.4, 0.5) is 5.69 Å². The normalized spacial score (nSPS) is 14.9. The molecule has 162 valence electrons. The van der Waals surface area contributed by atoms with Gasteiger partial charge in [-0.2, -0.15) is 5.10 Å². The molecule has 0 saturated carbocycles. The first-order valence-electron chi connectivity index (χ1n) is 9.66. The Balaban J connectivity index is 1.87. The Labute approximate surface area is 193 Å². The van der Waals surface area contributed by atoms with Gasteiger partial charge in [0.2, 0.25) is 0 Å². The van der Waals surface area contributed by atoms with Crippen molar-refractivity contribution in [3.63, 3.8) is 0 Å². The Morgan fingerprint density at radius 2 is 2.00 bits per heavy atom. The van der Waals surface area contributed by atoms with E-state index in [0.717, 1.165) is 5.69 Å². The van der Waals surface area contributed by atoms with Crippen LogP contribution in [0.15, 0.2) is 59.6 Å². The van der Waals surface area contributed by atoms with E-state index in [2.05, 4.69) is 5.10 Å². The van der Waals surface area contributed by atoms with E-state index in [1.54, 1.807) is 23.0 Å². The Bertz CT molecular complexity index is 1250. The molecule has 0 unspecified atom stereocenters. The molecular weight excluding hydrogens is 448 g/mol. The summed E-state index contributed by atoms with van der Waals surface area (Å²) in [4.78, 5) is 25.8. The van der Waals surface area contributed by atoms with Gasteiger partial charge in [-0.1, -0.05) is 42.2 Å². The standard InChI is InChI=1S/C22H18N4O4S2/c1-3-24-21(27)19(32-22(24)31)12-15-13-25(16-7-5-4-6-8-16)23-20(15)14-9-10-18(30-2)17(11-14)26(28)29/h4-13H,3H2,1-2H3/b19-12-. The molecule has 1 aliphatic rings. The highest BCUT2D eigenvalue weighted by atomic mass is 32.2. The molecule has 3 aromatic rings. The summed E-state index contributed by atoms with van der Waals surface area (Å²) >= 11 is 6.54. The highest BCUT2D eigenvalue weighted by molar-refractivity contribution is 8.26. The molecule has 1 fully saturated rings. The highest BCUT2D eigenvalue weighted by Crippen LogP contribution is 2.37. The van der Waals surface area contributed by atoms with Gasteiger partial charge in [0.15, 0.2) is 5.75 Å². The fourth-order valence-electron chi connectivity index (χ4n) is 3.32. The number of rotatable bonds is 6. The van der Waals surface area contributed by atoms with E-state index in [-0.39, 0.29) is 17.3 Å². The molecule has 0 radical (unpaired) electrons. The lowest BCUT2D eigenvalue weighted by molar-refractivity contribution is -0.385. The van der Waals surface area contributed by atoms with Crippen LogP contribution in [0.25, 0.3) is 23.0 Å². The largest absolute Gasteiger partial charge is 0.490 e. The number of carbonyl (C=O) groups is 1. The fraction of sp³-hybridized carbons (Fsp3) is 0.136. The monoisotopic (exact) mass is 466 g/mol. The number of aromatic nitrogens is 2.